The van der Waals surface area contributed by atoms with Crippen LogP contribution in [0.2, 0.25) is 0 Å². The van der Waals surface area contributed by atoms with Gasteiger partial charge in [-0.25, -0.2) is 0 Å². The van der Waals surface area contributed by atoms with Gasteiger partial charge in [0.15, 0.2) is 0 Å². The number of aldehydes is 1. The molecule has 0 spiro atoms. The van der Waals surface area contributed by atoms with E-state index in [2.05, 4.69) is 68.1 Å². The molecule has 4 heteroatoms. The molecule has 0 amide bonds. The number of allylic oxidation sites excluding steroid dienone is 1. The summed E-state index contributed by atoms with van der Waals surface area (Å²) in [5, 5.41) is 0. The van der Waals surface area contributed by atoms with Crippen molar-refractivity contribution in [2.24, 2.45) is 5.41 Å². The summed E-state index contributed by atoms with van der Waals surface area (Å²) < 4.78 is 5.69. The zero-order chi connectivity index (χ0) is 19.3. The fraction of sp³-hybridized carbons (Fsp3) is 0.348. The molecule has 1 aliphatic heterocycles. The highest BCUT2D eigenvalue weighted by Crippen LogP contribution is 2.47. The number of carbonyl (C=O) groups is 1. The number of rotatable bonds is 6. The minimum absolute atomic E-state index is 0.270. The summed E-state index contributed by atoms with van der Waals surface area (Å²) in [6, 6.07) is 14.9. The summed E-state index contributed by atoms with van der Waals surface area (Å²) in [4.78, 5) is 14.2. The molecule has 3 nitrogen and oxygen atoms in total. The number of carbonyl (C=O) groups excluding carboxylic acids is 1. The second-order valence-electron chi connectivity index (χ2n) is 7.09. The number of ether oxygens (including phenoxy) is 1. The molecular formula is C23H27NO2S. The Morgan fingerprint density at radius 2 is 1.93 bits per heavy atom. The summed E-state index contributed by atoms with van der Waals surface area (Å²) in [5.74, 6) is 1.89. The third kappa shape index (κ3) is 4.22. The summed E-state index contributed by atoms with van der Waals surface area (Å²) in [5.41, 5.74) is 3.79. The number of hydrogen-bond acceptors (Lipinski definition) is 4. The summed E-state index contributed by atoms with van der Waals surface area (Å²) >= 11 is 1.91. The number of para-hydroxylation sites is 1. The molecule has 0 unspecified atom stereocenters. The van der Waals surface area contributed by atoms with Crippen molar-refractivity contribution >= 4 is 29.4 Å². The van der Waals surface area contributed by atoms with E-state index in [1.54, 1.807) is 0 Å². The average molecular weight is 382 g/mol. The Kier molecular flexibility index (Phi) is 6.27. The monoisotopic (exact) mass is 381 g/mol. The van der Waals surface area contributed by atoms with Crippen molar-refractivity contribution < 1.29 is 9.53 Å². The Morgan fingerprint density at radius 3 is 2.59 bits per heavy atom. The van der Waals surface area contributed by atoms with Crippen LogP contribution in [0.15, 0.2) is 59.7 Å². The first-order valence-corrected chi connectivity index (χ1v) is 10.5. The van der Waals surface area contributed by atoms with Gasteiger partial charge in [0.05, 0.1) is 11.9 Å². The predicted octanol–water partition coefficient (Wildman–Crippen LogP) is 6.14. The van der Waals surface area contributed by atoms with Crippen LogP contribution < -0.4 is 9.64 Å². The highest BCUT2D eigenvalue weighted by Gasteiger charge is 2.34. The van der Waals surface area contributed by atoms with Crippen LogP contribution >= 0.6 is 11.8 Å². The van der Waals surface area contributed by atoms with Gasteiger partial charge in [0.2, 0.25) is 0 Å². The molecule has 142 valence electrons. The molecule has 1 aliphatic rings. The van der Waals surface area contributed by atoms with E-state index < -0.39 is 0 Å². The Hall–Kier alpha value is -2.20. The lowest BCUT2D eigenvalue weighted by molar-refractivity contribution is -0.104. The van der Waals surface area contributed by atoms with E-state index >= 15 is 0 Å². The predicted molar refractivity (Wildman–Crippen MR) is 114 cm³/mol. The number of fused-ring (bicyclic) bond motifs is 1. The van der Waals surface area contributed by atoms with E-state index in [4.69, 9.17) is 4.74 Å². The molecule has 0 aliphatic carbocycles. The molecule has 0 fully saturated rings. The van der Waals surface area contributed by atoms with Crippen molar-refractivity contribution in [1.29, 1.82) is 0 Å². The van der Waals surface area contributed by atoms with Crippen molar-refractivity contribution in [3.63, 3.8) is 0 Å². The second kappa shape index (κ2) is 8.66. The van der Waals surface area contributed by atoms with Crippen LogP contribution in [0.3, 0.4) is 0 Å². The van der Waals surface area contributed by atoms with Crippen LogP contribution in [0.5, 0.6) is 5.75 Å². The Morgan fingerprint density at radius 1 is 1.19 bits per heavy atom. The molecule has 0 bridgehead atoms. The van der Waals surface area contributed by atoms with E-state index in [-0.39, 0.29) is 5.41 Å². The van der Waals surface area contributed by atoms with Crippen molar-refractivity contribution in [3.8, 4) is 5.75 Å². The third-order valence-electron chi connectivity index (χ3n) is 5.49. The maximum atomic E-state index is 10.5. The first kappa shape index (κ1) is 19.6. The number of aryl methyl sites for hydroxylation is 1. The van der Waals surface area contributed by atoms with Gasteiger partial charge in [-0.15, -0.1) is 11.8 Å². The topological polar surface area (TPSA) is 29.5 Å². The molecule has 2 aromatic rings. The number of benzene rings is 2. The lowest BCUT2D eigenvalue weighted by atomic mass is 9.83. The smallest absolute Gasteiger partial charge is 0.145 e. The van der Waals surface area contributed by atoms with Crippen LogP contribution in [-0.2, 0) is 4.79 Å². The molecule has 0 radical (unpaired) electrons. The van der Waals surface area contributed by atoms with E-state index in [0.717, 1.165) is 42.7 Å². The number of hydrogen-bond donors (Lipinski definition) is 0. The molecule has 0 aromatic heterocycles. The third-order valence-corrected chi connectivity index (χ3v) is 6.89. The molecule has 1 heterocycles. The van der Waals surface area contributed by atoms with Gasteiger partial charge in [0.25, 0.3) is 0 Å². The van der Waals surface area contributed by atoms with Gasteiger partial charge in [-0.1, -0.05) is 32.0 Å². The zero-order valence-electron chi connectivity index (χ0n) is 16.3. The summed E-state index contributed by atoms with van der Waals surface area (Å²) in [6.45, 7) is 7.66. The second-order valence-corrected chi connectivity index (χ2v) is 8.10. The molecule has 0 saturated heterocycles. The van der Waals surface area contributed by atoms with E-state index in [1.165, 1.54) is 28.6 Å². The molecule has 2 aromatic carbocycles. The van der Waals surface area contributed by atoms with E-state index in [9.17, 15) is 4.79 Å². The number of nitrogens with zero attached hydrogens (tertiary/aromatic N) is 1. The zero-order valence-corrected chi connectivity index (χ0v) is 17.1. The molecule has 0 saturated carbocycles. The van der Waals surface area contributed by atoms with Gasteiger partial charge in [0.1, 0.15) is 12.0 Å². The normalized spacial score (nSPS) is 16.0. The van der Waals surface area contributed by atoms with Gasteiger partial charge in [-0.05, 0) is 55.0 Å². The van der Waals surface area contributed by atoms with Gasteiger partial charge < -0.3 is 9.64 Å². The molecular weight excluding hydrogens is 354 g/mol. The number of anilines is 2. The molecule has 0 atom stereocenters. The van der Waals surface area contributed by atoms with Crippen LogP contribution in [-0.4, -0.2) is 18.6 Å². The van der Waals surface area contributed by atoms with Crippen molar-refractivity contribution in [3.05, 3.63) is 60.4 Å². The van der Waals surface area contributed by atoms with Crippen LogP contribution in [0.4, 0.5) is 11.4 Å². The van der Waals surface area contributed by atoms with Gasteiger partial charge in [-0.2, -0.15) is 0 Å². The van der Waals surface area contributed by atoms with Crippen molar-refractivity contribution in [2.45, 2.75) is 38.5 Å². The number of thioether (sulfide) groups is 1. The maximum Gasteiger partial charge on any atom is 0.145 e. The minimum atomic E-state index is 0.270. The van der Waals surface area contributed by atoms with Gasteiger partial charge in [0, 0.05) is 29.0 Å². The minimum Gasteiger partial charge on any atom is -0.465 e. The SMILES string of the molecule is CCC1(CC)CSc2cc(O/C=C/C=O)c(C)cc2N(c2ccccc2)C1. The Labute approximate surface area is 166 Å². The summed E-state index contributed by atoms with van der Waals surface area (Å²) in [7, 11) is 0. The van der Waals surface area contributed by atoms with E-state index in [1.807, 2.05) is 11.8 Å². The highest BCUT2D eigenvalue weighted by molar-refractivity contribution is 7.99. The largest absolute Gasteiger partial charge is 0.465 e. The first-order valence-electron chi connectivity index (χ1n) is 9.49. The van der Waals surface area contributed by atoms with E-state index in [0.29, 0.717) is 0 Å². The fourth-order valence-electron chi connectivity index (χ4n) is 3.47. The average Bonchev–Trinajstić information content (AvgIpc) is 2.86. The van der Waals surface area contributed by atoms with Crippen molar-refractivity contribution in [1.82, 2.24) is 0 Å². The standard InChI is InChI=1S/C23H27NO2S/c1-4-23(5-2)16-24(19-10-7-6-8-11-19)20-14-18(3)21(26-13-9-12-25)15-22(20)27-17-23/h6-15H,4-5,16-17H2,1-3H3/b13-9+. The van der Waals surface area contributed by atoms with Crippen LogP contribution in [0.1, 0.15) is 32.3 Å². The molecule has 0 N–H and O–H groups in total. The highest BCUT2D eigenvalue weighted by atomic mass is 32.2. The lowest BCUT2D eigenvalue weighted by Gasteiger charge is -2.36. The van der Waals surface area contributed by atoms with Crippen LogP contribution in [0.25, 0.3) is 0 Å². The molecule has 27 heavy (non-hydrogen) atoms. The fourth-order valence-corrected chi connectivity index (χ4v) is 4.93. The Bertz CT molecular complexity index is 813. The quantitative estimate of drug-likeness (QED) is 0.342. The van der Waals surface area contributed by atoms with Crippen molar-refractivity contribution in [2.75, 3.05) is 17.2 Å². The Balaban J connectivity index is 2.08. The van der Waals surface area contributed by atoms with Gasteiger partial charge in [-0.3, -0.25) is 4.79 Å². The maximum absolute atomic E-state index is 10.5. The molecule has 3 rings (SSSR count). The first-order chi connectivity index (χ1) is 13.1. The van der Waals surface area contributed by atoms with Crippen LogP contribution in [0, 0.1) is 12.3 Å². The summed E-state index contributed by atoms with van der Waals surface area (Å²) in [6.07, 6.45) is 5.84. The van der Waals surface area contributed by atoms with Gasteiger partial charge >= 0.3 is 0 Å². The lowest BCUT2D eigenvalue weighted by Crippen LogP contribution is -2.35.